The summed E-state index contributed by atoms with van der Waals surface area (Å²) < 4.78 is 5.55. The lowest BCUT2D eigenvalue weighted by molar-refractivity contribution is 0.0571. The van der Waals surface area contributed by atoms with Crippen molar-refractivity contribution in [2.24, 2.45) is 5.92 Å². The third-order valence-electron chi connectivity index (χ3n) is 4.00. The van der Waals surface area contributed by atoms with E-state index in [0.717, 1.165) is 25.3 Å². The Morgan fingerprint density at radius 2 is 2.05 bits per heavy atom. The van der Waals surface area contributed by atoms with E-state index >= 15 is 0 Å². The van der Waals surface area contributed by atoms with E-state index in [1.54, 1.807) is 4.90 Å². The number of nitrogens with zero attached hydrogens (tertiary/aromatic N) is 1. The second-order valence-electron chi connectivity index (χ2n) is 6.67. The maximum Gasteiger partial charge on any atom is 0.414 e. The second-order valence-corrected chi connectivity index (χ2v) is 6.67. The quantitative estimate of drug-likeness (QED) is 0.791. The normalized spacial score (nSPS) is 25.1. The minimum Gasteiger partial charge on any atom is -0.443 e. The molecular weight excluding hydrogens is 252 g/mol. The first-order valence-electron chi connectivity index (χ1n) is 7.26. The second kappa shape index (κ2) is 4.77. The number of nitrogens with one attached hydrogen (secondary N) is 1. The third kappa shape index (κ3) is 2.40. The lowest BCUT2D eigenvalue weighted by atomic mass is 9.84. The number of amides is 1. The summed E-state index contributed by atoms with van der Waals surface area (Å²) in [4.78, 5) is 14.2. The lowest BCUT2D eigenvalue weighted by Gasteiger charge is -2.37. The summed E-state index contributed by atoms with van der Waals surface area (Å²) in [5.74, 6) is 1.00. The van der Waals surface area contributed by atoms with E-state index in [-0.39, 0.29) is 6.09 Å². The van der Waals surface area contributed by atoms with Gasteiger partial charge in [0, 0.05) is 25.6 Å². The molecule has 1 aromatic rings. The van der Waals surface area contributed by atoms with E-state index in [1.807, 2.05) is 39.0 Å². The van der Waals surface area contributed by atoms with Crippen LogP contribution < -0.4 is 10.2 Å². The number of fused-ring (bicyclic) bond motifs is 3. The molecule has 0 bridgehead atoms. The molecule has 1 N–H and O–H groups in total. The molecular formula is C16H22N2O2. The van der Waals surface area contributed by atoms with Gasteiger partial charge in [0.15, 0.2) is 0 Å². The van der Waals surface area contributed by atoms with Crippen LogP contribution in [0, 0.1) is 5.92 Å². The monoisotopic (exact) mass is 274 g/mol. The average molecular weight is 274 g/mol. The SMILES string of the molecule is CC(C)(C)OC(=O)N1CC2CNCC2c2ccccc21. The highest BCUT2D eigenvalue weighted by Crippen LogP contribution is 2.40. The molecule has 0 spiro atoms. The highest BCUT2D eigenvalue weighted by Gasteiger charge is 2.39. The molecule has 0 aromatic heterocycles. The van der Waals surface area contributed by atoms with Crippen molar-refractivity contribution in [1.82, 2.24) is 5.32 Å². The first-order chi connectivity index (χ1) is 9.46. The van der Waals surface area contributed by atoms with Gasteiger partial charge in [0.05, 0.1) is 5.69 Å². The minimum atomic E-state index is -0.462. The summed E-state index contributed by atoms with van der Waals surface area (Å²) >= 11 is 0. The molecule has 4 nitrogen and oxygen atoms in total. The highest BCUT2D eigenvalue weighted by atomic mass is 16.6. The fraction of sp³-hybridized carbons (Fsp3) is 0.562. The molecule has 2 aliphatic rings. The van der Waals surface area contributed by atoms with Crippen LogP contribution >= 0.6 is 0 Å². The molecule has 108 valence electrons. The summed E-state index contributed by atoms with van der Waals surface area (Å²) in [5.41, 5.74) is 1.81. The van der Waals surface area contributed by atoms with Gasteiger partial charge in [-0.15, -0.1) is 0 Å². The van der Waals surface area contributed by atoms with Crippen LogP contribution in [0.2, 0.25) is 0 Å². The van der Waals surface area contributed by atoms with Gasteiger partial charge in [0.25, 0.3) is 0 Å². The van der Waals surface area contributed by atoms with Gasteiger partial charge in [0.2, 0.25) is 0 Å². The number of hydrogen-bond donors (Lipinski definition) is 1. The Kier molecular flexibility index (Phi) is 3.21. The first kappa shape index (κ1) is 13.4. The molecule has 0 saturated carbocycles. The lowest BCUT2D eigenvalue weighted by Crippen LogP contribution is -2.44. The zero-order chi connectivity index (χ0) is 14.3. The van der Waals surface area contributed by atoms with Crippen molar-refractivity contribution in [3.05, 3.63) is 29.8 Å². The van der Waals surface area contributed by atoms with Gasteiger partial charge in [-0.1, -0.05) is 18.2 Å². The predicted octanol–water partition coefficient (Wildman–Crippen LogP) is 2.74. The molecule has 2 aliphatic heterocycles. The van der Waals surface area contributed by atoms with Crippen LogP contribution in [0.1, 0.15) is 32.3 Å². The standard InChI is InChI=1S/C16H22N2O2/c1-16(2,3)20-15(19)18-10-11-8-17-9-13(11)12-6-4-5-7-14(12)18/h4-7,11,13,17H,8-10H2,1-3H3. The van der Waals surface area contributed by atoms with Gasteiger partial charge in [-0.25, -0.2) is 4.79 Å². The van der Waals surface area contributed by atoms with Crippen LogP contribution in [0.5, 0.6) is 0 Å². The average Bonchev–Trinajstić information content (AvgIpc) is 2.84. The molecule has 1 saturated heterocycles. The van der Waals surface area contributed by atoms with E-state index in [9.17, 15) is 4.79 Å². The maximum absolute atomic E-state index is 12.4. The summed E-state index contributed by atoms with van der Waals surface area (Å²) in [5, 5.41) is 3.43. The number of rotatable bonds is 0. The summed E-state index contributed by atoms with van der Waals surface area (Å²) in [7, 11) is 0. The van der Waals surface area contributed by atoms with Gasteiger partial charge < -0.3 is 10.1 Å². The van der Waals surface area contributed by atoms with Crippen molar-refractivity contribution in [1.29, 1.82) is 0 Å². The van der Waals surface area contributed by atoms with Gasteiger partial charge in [-0.2, -0.15) is 0 Å². The number of anilines is 1. The Morgan fingerprint density at radius 1 is 1.30 bits per heavy atom. The van der Waals surface area contributed by atoms with Gasteiger partial charge in [-0.3, -0.25) is 4.90 Å². The van der Waals surface area contributed by atoms with Crippen LogP contribution in [0.15, 0.2) is 24.3 Å². The zero-order valence-electron chi connectivity index (χ0n) is 12.3. The molecule has 1 fully saturated rings. The zero-order valence-corrected chi connectivity index (χ0v) is 12.3. The molecule has 20 heavy (non-hydrogen) atoms. The highest BCUT2D eigenvalue weighted by molar-refractivity contribution is 5.90. The summed E-state index contributed by atoms with van der Waals surface area (Å²) in [6.07, 6.45) is -0.240. The Balaban J connectivity index is 1.93. The Morgan fingerprint density at radius 3 is 2.80 bits per heavy atom. The van der Waals surface area contributed by atoms with Crippen molar-refractivity contribution in [2.75, 3.05) is 24.5 Å². The van der Waals surface area contributed by atoms with Crippen molar-refractivity contribution in [3.63, 3.8) is 0 Å². The number of benzene rings is 1. The van der Waals surface area contributed by atoms with E-state index in [2.05, 4.69) is 11.4 Å². The molecule has 0 radical (unpaired) electrons. The molecule has 2 atom stereocenters. The molecule has 4 heteroatoms. The smallest absolute Gasteiger partial charge is 0.414 e. The van der Waals surface area contributed by atoms with Crippen LogP contribution in [0.3, 0.4) is 0 Å². The Bertz CT molecular complexity index is 521. The van der Waals surface area contributed by atoms with Crippen LogP contribution in [0.4, 0.5) is 10.5 Å². The Hall–Kier alpha value is -1.55. The van der Waals surface area contributed by atoms with E-state index < -0.39 is 5.60 Å². The molecule has 2 heterocycles. The van der Waals surface area contributed by atoms with Crippen LogP contribution in [0.25, 0.3) is 0 Å². The number of carbonyl (C=O) groups is 1. The Labute approximate surface area is 120 Å². The largest absolute Gasteiger partial charge is 0.443 e. The van der Waals surface area contributed by atoms with Gasteiger partial charge >= 0.3 is 6.09 Å². The molecule has 2 unspecified atom stereocenters. The molecule has 1 amide bonds. The van der Waals surface area contributed by atoms with Crippen molar-refractivity contribution in [3.8, 4) is 0 Å². The fourth-order valence-electron chi connectivity index (χ4n) is 3.16. The first-order valence-corrected chi connectivity index (χ1v) is 7.26. The van der Waals surface area contributed by atoms with E-state index in [0.29, 0.717) is 11.8 Å². The number of para-hydroxylation sites is 1. The van der Waals surface area contributed by atoms with Crippen molar-refractivity contribution < 1.29 is 9.53 Å². The fourth-order valence-corrected chi connectivity index (χ4v) is 3.16. The summed E-state index contributed by atoms with van der Waals surface area (Å²) in [6.45, 7) is 8.42. The van der Waals surface area contributed by atoms with Crippen molar-refractivity contribution in [2.45, 2.75) is 32.3 Å². The van der Waals surface area contributed by atoms with Gasteiger partial charge in [-0.05, 0) is 38.3 Å². The molecule has 3 rings (SSSR count). The number of hydrogen-bond acceptors (Lipinski definition) is 3. The van der Waals surface area contributed by atoms with Crippen LogP contribution in [-0.4, -0.2) is 31.3 Å². The topological polar surface area (TPSA) is 41.6 Å². The third-order valence-corrected chi connectivity index (χ3v) is 4.00. The minimum absolute atomic E-state index is 0.240. The number of ether oxygens (including phenoxy) is 1. The van der Waals surface area contributed by atoms with E-state index in [4.69, 9.17) is 4.74 Å². The van der Waals surface area contributed by atoms with Crippen molar-refractivity contribution >= 4 is 11.8 Å². The van der Waals surface area contributed by atoms with Crippen LogP contribution in [-0.2, 0) is 4.74 Å². The predicted molar refractivity (Wildman–Crippen MR) is 79.1 cm³/mol. The molecule has 0 aliphatic carbocycles. The maximum atomic E-state index is 12.4. The summed E-state index contributed by atoms with van der Waals surface area (Å²) in [6, 6.07) is 8.19. The van der Waals surface area contributed by atoms with E-state index in [1.165, 1.54) is 5.56 Å². The molecule has 1 aromatic carbocycles. The number of carbonyl (C=O) groups excluding carboxylic acids is 1. The van der Waals surface area contributed by atoms with Gasteiger partial charge in [0.1, 0.15) is 5.60 Å².